The van der Waals surface area contributed by atoms with E-state index in [1.165, 1.54) is 27.7 Å². The normalized spacial score (nSPS) is 13.3. The molecule has 3 amide bonds. The monoisotopic (exact) mass is 450 g/mol. The summed E-state index contributed by atoms with van der Waals surface area (Å²) < 4.78 is 6.81. The maximum atomic E-state index is 12.9. The molecule has 1 aromatic heterocycles. The van der Waals surface area contributed by atoms with Crippen molar-refractivity contribution in [3.8, 4) is 0 Å². The number of fused-ring (bicyclic) bond motifs is 2. The van der Waals surface area contributed by atoms with E-state index < -0.39 is 11.7 Å². The number of benzene rings is 2. The van der Waals surface area contributed by atoms with Crippen molar-refractivity contribution >= 4 is 34.5 Å². The molecule has 9 heteroatoms. The molecule has 0 saturated heterocycles. The maximum absolute atomic E-state index is 12.9. The van der Waals surface area contributed by atoms with E-state index in [1.54, 1.807) is 18.2 Å². The molecule has 0 saturated carbocycles. The molecule has 1 aliphatic rings. The van der Waals surface area contributed by atoms with Crippen LogP contribution in [0.25, 0.3) is 11.1 Å². The molecule has 0 atom stereocenters. The summed E-state index contributed by atoms with van der Waals surface area (Å²) in [4.78, 5) is 53.4. The lowest BCUT2D eigenvalue weighted by Crippen LogP contribution is -2.30. The summed E-state index contributed by atoms with van der Waals surface area (Å²) in [5.74, 6) is -1.57. The van der Waals surface area contributed by atoms with Crippen LogP contribution in [0.4, 0.5) is 5.69 Å². The van der Waals surface area contributed by atoms with Crippen LogP contribution in [0.2, 0.25) is 0 Å². The van der Waals surface area contributed by atoms with E-state index in [0.717, 1.165) is 12.8 Å². The predicted molar refractivity (Wildman–Crippen MR) is 124 cm³/mol. The number of anilines is 1. The summed E-state index contributed by atoms with van der Waals surface area (Å²) in [7, 11) is 3.83. The Hall–Kier alpha value is -3.72. The summed E-state index contributed by atoms with van der Waals surface area (Å²) >= 11 is 0. The third-order valence-electron chi connectivity index (χ3n) is 5.66. The van der Waals surface area contributed by atoms with Crippen molar-refractivity contribution < 1.29 is 18.8 Å². The number of carbonyl (C=O) groups excluding carboxylic acids is 3. The summed E-state index contributed by atoms with van der Waals surface area (Å²) in [6, 6.07) is 9.48. The van der Waals surface area contributed by atoms with Crippen LogP contribution in [0.1, 0.15) is 50.8 Å². The molecule has 0 radical (unpaired) electrons. The van der Waals surface area contributed by atoms with E-state index in [4.69, 9.17) is 4.42 Å². The Balaban J connectivity index is 1.56. The molecule has 172 valence electrons. The third kappa shape index (κ3) is 4.31. The first-order valence-electron chi connectivity index (χ1n) is 10.9. The van der Waals surface area contributed by atoms with Crippen LogP contribution >= 0.6 is 0 Å². The number of unbranched alkanes of at least 4 members (excludes halogenated alkanes) is 1. The minimum absolute atomic E-state index is 0.242. The molecule has 1 aliphatic heterocycles. The standard InChI is InChI=1S/C24H26N4O5/c1-4-5-10-28-22(30)17-8-6-15(13-18(17)23(28)31)21(29)25-16-7-9-20-19(14-16)27(24(32)33-20)12-11-26(2)3/h6-9,13-14H,4-5,10-12H2,1-3H3,(H,25,29). The van der Waals surface area contributed by atoms with Gasteiger partial charge >= 0.3 is 5.76 Å². The summed E-state index contributed by atoms with van der Waals surface area (Å²) in [5, 5.41) is 2.80. The number of nitrogens with zero attached hydrogens (tertiary/aromatic N) is 3. The van der Waals surface area contributed by atoms with Gasteiger partial charge in [-0.05, 0) is 56.9 Å². The Morgan fingerprint density at radius 2 is 1.76 bits per heavy atom. The van der Waals surface area contributed by atoms with Crippen LogP contribution in [0.15, 0.2) is 45.6 Å². The minimum atomic E-state index is -0.454. The van der Waals surface area contributed by atoms with Gasteiger partial charge in [-0.1, -0.05) is 13.3 Å². The average Bonchev–Trinajstić information content (AvgIpc) is 3.23. The molecule has 1 N–H and O–H groups in total. The molecular formula is C24H26N4O5. The third-order valence-corrected chi connectivity index (χ3v) is 5.66. The van der Waals surface area contributed by atoms with E-state index in [0.29, 0.717) is 42.0 Å². The molecule has 3 aromatic rings. The second-order valence-corrected chi connectivity index (χ2v) is 8.34. The fourth-order valence-corrected chi connectivity index (χ4v) is 3.81. The number of rotatable bonds is 8. The Labute approximate surface area is 190 Å². The molecule has 2 aromatic carbocycles. The topological polar surface area (TPSA) is 105 Å². The van der Waals surface area contributed by atoms with Crippen molar-refractivity contribution in [3.05, 3.63) is 63.6 Å². The number of imide groups is 1. The second kappa shape index (κ2) is 9.03. The highest BCUT2D eigenvalue weighted by molar-refractivity contribution is 6.22. The molecule has 0 bridgehead atoms. The molecular weight excluding hydrogens is 424 g/mol. The Kier molecular flexibility index (Phi) is 6.15. The summed E-state index contributed by atoms with van der Waals surface area (Å²) in [6.45, 7) is 3.46. The van der Waals surface area contributed by atoms with E-state index in [1.807, 2.05) is 25.9 Å². The number of amides is 3. The molecule has 0 unspecified atom stereocenters. The molecule has 33 heavy (non-hydrogen) atoms. The minimum Gasteiger partial charge on any atom is -0.408 e. The lowest BCUT2D eigenvalue weighted by Gasteiger charge is -2.12. The van der Waals surface area contributed by atoms with Gasteiger partial charge in [-0.3, -0.25) is 23.9 Å². The Morgan fingerprint density at radius 3 is 2.48 bits per heavy atom. The van der Waals surface area contributed by atoms with Gasteiger partial charge < -0.3 is 14.6 Å². The van der Waals surface area contributed by atoms with E-state index in [-0.39, 0.29) is 22.9 Å². The van der Waals surface area contributed by atoms with Gasteiger partial charge in [-0.15, -0.1) is 0 Å². The van der Waals surface area contributed by atoms with E-state index in [9.17, 15) is 19.2 Å². The lowest BCUT2D eigenvalue weighted by atomic mass is 10.1. The average molecular weight is 450 g/mol. The first-order chi connectivity index (χ1) is 15.8. The van der Waals surface area contributed by atoms with Crippen LogP contribution < -0.4 is 11.1 Å². The van der Waals surface area contributed by atoms with E-state index in [2.05, 4.69) is 5.32 Å². The SMILES string of the molecule is CCCCN1C(=O)c2ccc(C(=O)Nc3ccc4oc(=O)n(CCN(C)C)c4c3)cc2C1=O. The Bertz CT molecular complexity index is 1300. The van der Waals surface area contributed by atoms with Gasteiger partial charge in [0.1, 0.15) is 0 Å². The molecule has 4 rings (SSSR count). The summed E-state index contributed by atoms with van der Waals surface area (Å²) in [6.07, 6.45) is 1.60. The van der Waals surface area contributed by atoms with Crippen molar-refractivity contribution in [2.75, 3.05) is 32.5 Å². The van der Waals surface area contributed by atoms with Crippen molar-refractivity contribution in [3.63, 3.8) is 0 Å². The smallest absolute Gasteiger partial charge is 0.408 e. The van der Waals surface area contributed by atoms with Gasteiger partial charge in [0.05, 0.1) is 16.6 Å². The molecule has 9 nitrogen and oxygen atoms in total. The van der Waals surface area contributed by atoms with Crippen LogP contribution in [-0.4, -0.2) is 59.3 Å². The second-order valence-electron chi connectivity index (χ2n) is 8.34. The van der Waals surface area contributed by atoms with Crippen LogP contribution in [-0.2, 0) is 6.54 Å². The number of hydrogen-bond donors (Lipinski definition) is 1. The zero-order valence-corrected chi connectivity index (χ0v) is 18.9. The van der Waals surface area contributed by atoms with Crippen molar-refractivity contribution in [2.45, 2.75) is 26.3 Å². The first-order valence-corrected chi connectivity index (χ1v) is 10.9. The van der Waals surface area contributed by atoms with E-state index >= 15 is 0 Å². The van der Waals surface area contributed by atoms with Crippen molar-refractivity contribution in [2.24, 2.45) is 0 Å². The number of likely N-dealkylation sites (N-methyl/N-ethyl adjacent to an activating group) is 1. The van der Waals surface area contributed by atoms with Gasteiger partial charge in [-0.2, -0.15) is 0 Å². The van der Waals surface area contributed by atoms with Crippen LogP contribution in [0.3, 0.4) is 0 Å². The van der Waals surface area contributed by atoms with Gasteiger partial charge in [0.2, 0.25) is 0 Å². The quantitative estimate of drug-likeness (QED) is 0.529. The first kappa shape index (κ1) is 22.5. The summed E-state index contributed by atoms with van der Waals surface area (Å²) in [5.41, 5.74) is 2.33. The highest BCUT2D eigenvalue weighted by Gasteiger charge is 2.35. The number of carbonyl (C=O) groups is 3. The number of hydrogen-bond acceptors (Lipinski definition) is 6. The predicted octanol–water partition coefficient (Wildman–Crippen LogP) is 2.80. The van der Waals surface area contributed by atoms with Gasteiger partial charge in [0, 0.05) is 30.9 Å². The Morgan fingerprint density at radius 1 is 1.00 bits per heavy atom. The number of nitrogens with one attached hydrogen (secondary N) is 1. The van der Waals surface area contributed by atoms with Crippen LogP contribution in [0.5, 0.6) is 0 Å². The van der Waals surface area contributed by atoms with Crippen molar-refractivity contribution in [1.29, 1.82) is 0 Å². The molecule has 0 fully saturated rings. The maximum Gasteiger partial charge on any atom is 0.419 e. The zero-order chi connectivity index (χ0) is 23.7. The zero-order valence-electron chi connectivity index (χ0n) is 18.9. The van der Waals surface area contributed by atoms with Gasteiger partial charge in [0.15, 0.2) is 5.58 Å². The molecule has 0 spiro atoms. The van der Waals surface area contributed by atoms with Crippen LogP contribution in [0, 0.1) is 0 Å². The largest absolute Gasteiger partial charge is 0.419 e. The highest BCUT2D eigenvalue weighted by Crippen LogP contribution is 2.25. The molecule has 0 aliphatic carbocycles. The number of oxazole rings is 1. The molecule has 2 heterocycles. The fourth-order valence-electron chi connectivity index (χ4n) is 3.81. The fraction of sp³-hybridized carbons (Fsp3) is 0.333. The lowest BCUT2D eigenvalue weighted by molar-refractivity contribution is 0.0652. The van der Waals surface area contributed by atoms with Crippen molar-refractivity contribution in [1.82, 2.24) is 14.4 Å². The van der Waals surface area contributed by atoms with Gasteiger partial charge in [0.25, 0.3) is 17.7 Å². The van der Waals surface area contributed by atoms with Gasteiger partial charge in [-0.25, -0.2) is 4.79 Å². The highest BCUT2D eigenvalue weighted by atomic mass is 16.4. The number of aromatic nitrogens is 1.